The van der Waals surface area contributed by atoms with Crippen molar-refractivity contribution in [2.45, 2.75) is 0 Å². The maximum absolute atomic E-state index is 13.6. The third kappa shape index (κ3) is 1.48. The molecule has 6 heteroatoms. The lowest BCUT2D eigenvalue weighted by Crippen LogP contribution is -1.92. The Kier molecular flexibility index (Phi) is 2.61. The van der Waals surface area contributed by atoms with Crippen LogP contribution < -0.4 is 4.74 Å². The minimum absolute atomic E-state index is 0.314. The summed E-state index contributed by atoms with van der Waals surface area (Å²) in [4.78, 5) is 8.31. The number of rotatable bonds is 1. The minimum Gasteiger partial charge on any atom is -0.481 e. The number of hydrogen-bond acceptors (Lipinski definition) is 3. The van der Waals surface area contributed by atoms with E-state index in [4.69, 9.17) is 4.74 Å². The van der Waals surface area contributed by atoms with Crippen molar-refractivity contribution in [2.24, 2.45) is 7.05 Å². The van der Waals surface area contributed by atoms with E-state index in [0.29, 0.717) is 9.45 Å². The Hall–Kier alpha value is -1.44. The highest BCUT2D eigenvalue weighted by Crippen LogP contribution is 2.32. The molecule has 0 spiro atoms. The van der Waals surface area contributed by atoms with Crippen molar-refractivity contribution in [3.8, 4) is 5.88 Å². The van der Waals surface area contributed by atoms with E-state index < -0.39 is 0 Å². The molecule has 4 nitrogen and oxygen atoms in total. The first-order valence-corrected chi connectivity index (χ1v) is 6.33. The van der Waals surface area contributed by atoms with Crippen LogP contribution in [0.3, 0.4) is 0 Å². The molecular formula is C12H9FIN3O. The number of methoxy groups -OCH3 is 1. The molecule has 92 valence electrons. The number of halogens is 2. The fourth-order valence-corrected chi connectivity index (χ4v) is 2.74. The Morgan fingerprint density at radius 3 is 2.83 bits per heavy atom. The van der Waals surface area contributed by atoms with Crippen molar-refractivity contribution in [1.82, 2.24) is 14.5 Å². The van der Waals surface area contributed by atoms with Gasteiger partial charge in [-0.05, 0) is 22.6 Å². The van der Waals surface area contributed by atoms with Gasteiger partial charge in [0.25, 0.3) is 0 Å². The lowest BCUT2D eigenvalue weighted by molar-refractivity contribution is 0.398. The van der Waals surface area contributed by atoms with Gasteiger partial charge in [0.05, 0.1) is 28.6 Å². The fourth-order valence-electron chi connectivity index (χ4n) is 2.07. The standard InChI is InChI=1S/C12H9FIN3O/c1-17-8-5-15-9(18-2)3-6(8)10-11(14)7(13)4-16-12(10)17/h3-5H,1-2H3. The molecule has 0 atom stereocenters. The average molecular weight is 357 g/mol. The van der Waals surface area contributed by atoms with Crippen LogP contribution in [0.1, 0.15) is 0 Å². The summed E-state index contributed by atoms with van der Waals surface area (Å²) < 4.78 is 21.2. The second-order valence-corrected chi connectivity index (χ2v) is 5.00. The maximum atomic E-state index is 13.6. The number of nitrogens with zero attached hydrogens (tertiary/aromatic N) is 3. The molecule has 3 aromatic rings. The fraction of sp³-hybridized carbons (Fsp3) is 0.167. The van der Waals surface area contributed by atoms with Gasteiger partial charge < -0.3 is 9.30 Å². The maximum Gasteiger partial charge on any atom is 0.213 e. The van der Waals surface area contributed by atoms with Crippen LogP contribution in [0.4, 0.5) is 4.39 Å². The van der Waals surface area contributed by atoms with Crippen LogP contribution in [0.2, 0.25) is 0 Å². The Morgan fingerprint density at radius 2 is 2.11 bits per heavy atom. The number of hydrogen-bond donors (Lipinski definition) is 0. The SMILES string of the molecule is COc1cc2c3c(I)c(F)cnc3n(C)c2cn1. The highest BCUT2D eigenvalue weighted by Gasteiger charge is 2.16. The van der Waals surface area contributed by atoms with Crippen molar-refractivity contribution in [3.63, 3.8) is 0 Å². The molecular weight excluding hydrogens is 348 g/mol. The van der Waals surface area contributed by atoms with Crippen LogP contribution in [0, 0.1) is 9.39 Å². The Morgan fingerprint density at radius 1 is 1.33 bits per heavy atom. The number of ether oxygens (including phenoxy) is 1. The largest absolute Gasteiger partial charge is 0.481 e. The summed E-state index contributed by atoms with van der Waals surface area (Å²) >= 11 is 2.00. The van der Waals surface area contributed by atoms with Crippen molar-refractivity contribution in [2.75, 3.05) is 7.11 Å². The zero-order valence-electron chi connectivity index (χ0n) is 9.74. The van der Waals surface area contributed by atoms with Crippen molar-refractivity contribution in [1.29, 1.82) is 0 Å². The molecule has 0 amide bonds. The monoisotopic (exact) mass is 357 g/mol. The summed E-state index contributed by atoms with van der Waals surface area (Å²) in [7, 11) is 3.45. The zero-order chi connectivity index (χ0) is 12.9. The molecule has 0 bridgehead atoms. The van der Waals surface area contributed by atoms with Crippen molar-refractivity contribution < 1.29 is 9.13 Å². The van der Waals surface area contributed by atoms with Gasteiger partial charge >= 0.3 is 0 Å². The molecule has 3 heterocycles. The van der Waals surface area contributed by atoms with E-state index in [1.54, 1.807) is 19.4 Å². The Bertz CT molecular complexity index is 769. The molecule has 0 aliphatic carbocycles. The van der Waals surface area contributed by atoms with Gasteiger partial charge in [-0.2, -0.15) is 0 Å². The second-order valence-electron chi connectivity index (χ2n) is 3.92. The predicted molar refractivity (Wildman–Crippen MR) is 75.2 cm³/mol. The van der Waals surface area contributed by atoms with Gasteiger partial charge in [0, 0.05) is 23.9 Å². The Balaban J connectivity index is 2.57. The van der Waals surface area contributed by atoms with E-state index in [2.05, 4.69) is 9.97 Å². The van der Waals surface area contributed by atoms with Gasteiger partial charge in [-0.3, -0.25) is 0 Å². The van der Waals surface area contributed by atoms with Gasteiger partial charge in [0.1, 0.15) is 5.65 Å². The van der Waals surface area contributed by atoms with E-state index in [1.165, 1.54) is 6.20 Å². The summed E-state index contributed by atoms with van der Waals surface area (Å²) in [5, 5.41) is 1.70. The van der Waals surface area contributed by atoms with Crippen LogP contribution >= 0.6 is 22.6 Å². The van der Waals surface area contributed by atoms with Crippen molar-refractivity contribution in [3.05, 3.63) is 27.8 Å². The minimum atomic E-state index is -0.314. The summed E-state index contributed by atoms with van der Waals surface area (Å²) in [5.41, 5.74) is 1.65. The molecule has 0 radical (unpaired) electrons. The van der Waals surface area contributed by atoms with Crippen LogP contribution in [0.5, 0.6) is 5.88 Å². The van der Waals surface area contributed by atoms with E-state index in [1.807, 2.05) is 34.2 Å². The lowest BCUT2D eigenvalue weighted by atomic mass is 10.2. The van der Waals surface area contributed by atoms with E-state index in [-0.39, 0.29) is 5.82 Å². The highest BCUT2D eigenvalue weighted by atomic mass is 127. The smallest absolute Gasteiger partial charge is 0.213 e. The van der Waals surface area contributed by atoms with Crippen LogP contribution in [-0.2, 0) is 7.05 Å². The van der Waals surface area contributed by atoms with Gasteiger partial charge in [0.15, 0.2) is 5.82 Å². The first-order valence-electron chi connectivity index (χ1n) is 5.25. The van der Waals surface area contributed by atoms with Crippen molar-refractivity contribution >= 4 is 44.5 Å². The zero-order valence-corrected chi connectivity index (χ0v) is 11.9. The topological polar surface area (TPSA) is 39.9 Å². The number of aromatic nitrogens is 3. The van der Waals surface area contributed by atoms with E-state index in [0.717, 1.165) is 21.9 Å². The molecule has 0 aliphatic heterocycles. The Labute approximate surface area is 116 Å². The number of aryl methyl sites for hydroxylation is 1. The highest BCUT2D eigenvalue weighted by molar-refractivity contribution is 14.1. The molecule has 0 aromatic carbocycles. The third-order valence-corrected chi connectivity index (χ3v) is 4.02. The molecule has 3 rings (SSSR count). The predicted octanol–water partition coefficient (Wildman–Crippen LogP) is 2.87. The first-order chi connectivity index (χ1) is 8.63. The first kappa shape index (κ1) is 11.6. The van der Waals surface area contributed by atoms with Gasteiger partial charge in [-0.25, -0.2) is 14.4 Å². The van der Waals surface area contributed by atoms with Gasteiger partial charge in [-0.1, -0.05) is 0 Å². The van der Waals surface area contributed by atoms with Crippen LogP contribution in [0.15, 0.2) is 18.5 Å². The summed E-state index contributed by atoms with van der Waals surface area (Å²) in [5.74, 6) is 0.196. The number of pyridine rings is 2. The molecule has 0 aliphatic rings. The molecule has 18 heavy (non-hydrogen) atoms. The molecule has 0 unspecified atom stereocenters. The molecule has 0 fully saturated rings. The van der Waals surface area contributed by atoms with Gasteiger partial charge in [0.2, 0.25) is 5.88 Å². The lowest BCUT2D eigenvalue weighted by Gasteiger charge is -1.99. The summed E-state index contributed by atoms with van der Waals surface area (Å²) in [6, 6.07) is 1.81. The summed E-state index contributed by atoms with van der Waals surface area (Å²) in [6.45, 7) is 0. The second kappa shape index (κ2) is 4.04. The number of fused-ring (bicyclic) bond motifs is 3. The van der Waals surface area contributed by atoms with Gasteiger partial charge in [-0.15, -0.1) is 0 Å². The normalized spacial score (nSPS) is 11.3. The molecule has 3 aromatic heterocycles. The van der Waals surface area contributed by atoms with Crippen LogP contribution in [0.25, 0.3) is 21.9 Å². The van der Waals surface area contributed by atoms with E-state index >= 15 is 0 Å². The summed E-state index contributed by atoms with van der Waals surface area (Å²) in [6.07, 6.45) is 2.96. The molecule has 0 saturated heterocycles. The molecule has 0 saturated carbocycles. The molecule has 0 N–H and O–H groups in total. The van der Waals surface area contributed by atoms with Crippen LogP contribution in [-0.4, -0.2) is 21.6 Å². The average Bonchev–Trinajstić information content (AvgIpc) is 2.67. The van der Waals surface area contributed by atoms with E-state index in [9.17, 15) is 4.39 Å². The quantitative estimate of drug-likeness (QED) is 0.629. The third-order valence-electron chi connectivity index (χ3n) is 2.97.